The average Bonchev–Trinajstić information content (AvgIpc) is 2.48. The summed E-state index contributed by atoms with van der Waals surface area (Å²) in [6.45, 7) is 6.31. The molecule has 0 spiro atoms. The summed E-state index contributed by atoms with van der Waals surface area (Å²) in [4.78, 5) is 23.3. The summed E-state index contributed by atoms with van der Waals surface area (Å²) >= 11 is 0. The Hall–Kier alpha value is -1.90. The lowest BCUT2D eigenvalue weighted by Crippen LogP contribution is -2.23. The molecular formula is C18H22O3. The van der Waals surface area contributed by atoms with Crippen LogP contribution in [0, 0.1) is 12.8 Å². The molecule has 1 aliphatic rings. The van der Waals surface area contributed by atoms with E-state index in [-0.39, 0.29) is 11.9 Å². The van der Waals surface area contributed by atoms with Crippen molar-refractivity contribution in [2.45, 2.75) is 39.5 Å². The third-order valence-corrected chi connectivity index (χ3v) is 4.21. The number of ether oxygens (including phenoxy) is 1. The minimum absolute atomic E-state index is 0.281. The van der Waals surface area contributed by atoms with Gasteiger partial charge in [0, 0.05) is 11.1 Å². The van der Waals surface area contributed by atoms with Gasteiger partial charge in [0.2, 0.25) is 0 Å². The Bertz CT molecular complexity index is 554. The Morgan fingerprint density at radius 2 is 1.95 bits per heavy atom. The number of allylic oxidation sites excluding steroid dienone is 1. The van der Waals surface area contributed by atoms with Gasteiger partial charge in [-0.05, 0) is 44.1 Å². The molecule has 2 unspecified atom stereocenters. The fourth-order valence-electron chi connectivity index (χ4n) is 2.97. The number of benzene rings is 1. The van der Waals surface area contributed by atoms with E-state index in [2.05, 4.69) is 38.1 Å². The van der Waals surface area contributed by atoms with E-state index in [1.54, 1.807) is 6.92 Å². The van der Waals surface area contributed by atoms with Crippen LogP contribution in [0.5, 0.6) is 0 Å². The zero-order valence-electron chi connectivity index (χ0n) is 12.9. The van der Waals surface area contributed by atoms with E-state index in [1.807, 2.05) is 0 Å². The summed E-state index contributed by atoms with van der Waals surface area (Å²) in [7, 11) is 0. The molecule has 0 aromatic heterocycles. The third-order valence-electron chi connectivity index (χ3n) is 4.21. The topological polar surface area (TPSA) is 43.4 Å². The lowest BCUT2D eigenvalue weighted by atomic mass is 9.73. The van der Waals surface area contributed by atoms with Crippen molar-refractivity contribution in [1.29, 1.82) is 0 Å². The maximum Gasteiger partial charge on any atom is 0.334 e. The van der Waals surface area contributed by atoms with Gasteiger partial charge in [0.25, 0.3) is 0 Å². The second-order valence-electron chi connectivity index (χ2n) is 5.74. The van der Waals surface area contributed by atoms with Crippen LogP contribution in [-0.4, -0.2) is 18.9 Å². The van der Waals surface area contributed by atoms with Crippen molar-refractivity contribution in [2.75, 3.05) is 6.61 Å². The summed E-state index contributed by atoms with van der Waals surface area (Å²) in [6, 6.07) is 8.42. The van der Waals surface area contributed by atoms with Crippen molar-refractivity contribution in [1.82, 2.24) is 0 Å². The molecule has 21 heavy (non-hydrogen) atoms. The fraction of sp³-hybridized carbons (Fsp3) is 0.444. The van der Waals surface area contributed by atoms with Crippen LogP contribution in [0.4, 0.5) is 0 Å². The number of aldehydes is 1. The van der Waals surface area contributed by atoms with Gasteiger partial charge in [-0.15, -0.1) is 0 Å². The molecule has 112 valence electrons. The van der Waals surface area contributed by atoms with E-state index in [0.29, 0.717) is 36.5 Å². The molecule has 0 heterocycles. The highest BCUT2D eigenvalue weighted by Crippen LogP contribution is 2.40. The minimum atomic E-state index is -0.339. The molecule has 0 N–H and O–H groups in total. The molecule has 0 saturated heterocycles. The van der Waals surface area contributed by atoms with Crippen LogP contribution in [-0.2, 0) is 14.3 Å². The highest BCUT2D eigenvalue weighted by Gasteiger charge is 2.31. The lowest BCUT2D eigenvalue weighted by molar-refractivity contribution is -0.139. The molecule has 0 radical (unpaired) electrons. The first-order chi connectivity index (χ1) is 10.1. The summed E-state index contributed by atoms with van der Waals surface area (Å²) in [5.41, 5.74) is 3.61. The Kier molecular flexibility index (Phi) is 4.94. The Labute approximate surface area is 126 Å². The molecule has 0 bridgehead atoms. The van der Waals surface area contributed by atoms with Crippen molar-refractivity contribution < 1.29 is 14.3 Å². The van der Waals surface area contributed by atoms with Gasteiger partial charge < -0.3 is 4.74 Å². The van der Waals surface area contributed by atoms with Crippen molar-refractivity contribution in [3.63, 3.8) is 0 Å². The summed E-state index contributed by atoms with van der Waals surface area (Å²) < 4.78 is 5.06. The number of aryl methyl sites for hydroxylation is 1. The highest BCUT2D eigenvalue weighted by atomic mass is 16.5. The van der Waals surface area contributed by atoms with Crippen molar-refractivity contribution >= 4 is 12.3 Å². The number of hydrogen-bond acceptors (Lipinski definition) is 3. The largest absolute Gasteiger partial charge is 0.463 e. The maximum absolute atomic E-state index is 12.0. The van der Waals surface area contributed by atoms with Crippen molar-refractivity contribution in [3.05, 3.63) is 46.5 Å². The van der Waals surface area contributed by atoms with Gasteiger partial charge in [-0.1, -0.05) is 36.8 Å². The van der Waals surface area contributed by atoms with Gasteiger partial charge in [-0.3, -0.25) is 4.79 Å². The van der Waals surface area contributed by atoms with Crippen LogP contribution < -0.4 is 0 Å². The van der Waals surface area contributed by atoms with E-state index >= 15 is 0 Å². The molecule has 0 aliphatic heterocycles. The predicted octanol–water partition coefficient (Wildman–Crippen LogP) is 3.57. The van der Waals surface area contributed by atoms with Gasteiger partial charge in [0.05, 0.1) is 6.61 Å². The van der Waals surface area contributed by atoms with Gasteiger partial charge in [0.1, 0.15) is 6.29 Å². The molecule has 1 aromatic rings. The van der Waals surface area contributed by atoms with E-state index < -0.39 is 0 Å². The van der Waals surface area contributed by atoms with E-state index in [1.165, 1.54) is 11.1 Å². The smallest absolute Gasteiger partial charge is 0.334 e. The Morgan fingerprint density at radius 1 is 1.29 bits per heavy atom. The maximum atomic E-state index is 12.0. The van der Waals surface area contributed by atoms with Crippen LogP contribution in [0.25, 0.3) is 0 Å². The van der Waals surface area contributed by atoms with Crippen LogP contribution in [0.3, 0.4) is 0 Å². The van der Waals surface area contributed by atoms with Gasteiger partial charge in [-0.25, -0.2) is 4.79 Å². The second-order valence-corrected chi connectivity index (χ2v) is 5.74. The van der Waals surface area contributed by atoms with E-state index in [0.717, 1.165) is 6.29 Å². The lowest BCUT2D eigenvalue weighted by Gasteiger charge is -2.30. The zero-order chi connectivity index (χ0) is 15.4. The molecule has 2 rings (SSSR count). The quantitative estimate of drug-likeness (QED) is 0.628. The van der Waals surface area contributed by atoms with Crippen LogP contribution in [0.15, 0.2) is 35.4 Å². The van der Waals surface area contributed by atoms with Crippen molar-refractivity contribution in [3.8, 4) is 0 Å². The van der Waals surface area contributed by atoms with Crippen LogP contribution in [0.2, 0.25) is 0 Å². The molecule has 3 heteroatoms. The molecule has 0 amide bonds. The van der Waals surface area contributed by atoms with Gasteiger partial charge >= 0.3 is 5.97 Å². The number of rotatable bonds is 4. The monoisotopic (exact) mass is 286 g/mol. The highest BCUT2D eigenvalue weighted by molar-refractivity contribution is 5.96. The fourth-order valence-corrected chi connectivity index (χ4v) is 2.97. The molecular weight excluding hydrogens is 264 g/mol. The predicted molar refractivity (Wildman–Crippen MR) is 82.0 cm³/mol. The SMILES string of the molecule is CCOC(=O)C1=C(C=O)CC(c2ccc(C)cc2)C(C)C1. The molecule has 1 aromatic carbocycles. The molecule has 2 atom stereocenters. The second kappa shape index (κ2) is 6.70. The molecule has 0 saturated carbocycles. The molecule has 3 nitrogen and oxygen atoms in total. The van der Waals surface area contributed by atoms with Crippen LogP contribution in [0.1, 0.15) is 43.7 Å². The van der Waals surface area contributed by atoms with Crippen LogP contribution >= 0.6 is 0 Å². The number of hydrogen-bond donors (Lipinski definition) is 0. The third kappa shape index (κ3) is 3.41. The Balaban J connectivity index is 2.28. The Morgan fingerprint density at radius 3 is 2.52 bits per heavy atom. The molecule has 0 fully saturated rings. The molecule has 1 aliphatic carbocycles. The normalized spacial score (nSPS) is 22.0. The summed E-state index contributed by atoms with van der Waals surface area (Å²) in [5.74, 6) is 0.258. The summed E-state index contributed by atoms with van der Waals surface area (Å²) in [5, 5.41) is 0. The standard InChI is InChI=1S/C18H22O3/c1-4-21-18(20)17-9-13(3)16(10-15(17)11-19)14-7-5-12(2)6-8-14/h5-8,11,13,16H,4,9-10H2,1-3H3. The van der Waals surface area contributed by atoms with Crippen molar-refractivity contribution in [2.24, 2.45) is 5.92 Å². The zero-order valence-corrected chi connectivity index (χ0v) is 12.9. The summed E-state index contributed by atoms with van der Waals surface area (Å²) in [6.07, 6.45) is 2.03. The number of carbonyl (C=O) groups excluding carboxylic acids is 2. The van der Waals surface area contributed by atoms with E-state index in [4.69, 9.17) is 4.74 Å². The minimum Gasteiger partial charge on any atom is -0.463 e. The van der Waals surface area contributed by atoms with E-state index in [9.17, 15) is 9.59 Å². The first-order valence-electron chi connectivity index (χ1n) is 7.47. The first kappa shape index (κ1) is 15.5. The first-order valence-corrected chi connectivity index (χ1v) is 7.47. The average molecular weight is 286 g/mol. The number of esters is 1. The van der Waals surface area contributed by atoms with Gasteiger partial charge in [0.15, 0.2) is 0 Å². The van der Waals surface area contributed by atoms with Gasteiger partial charge in [-0.2, -0.15) is 0 Å². The number of carbonyl (C=O) groups is 2.